The first-order chi connectivity index (χ1) is 13.5. The van der Waals surface area contributed by atoms with E-state index in [-0.39, 0.29) is 17.5 Å². The summed E-state index contributed by atoms with van der Waals surface area (Å²) in [5.74, 6) is -3.10. The number of halogens is 2. The predicted molar refractivity (Wildman–Crippen MR) is 103 cm³/mol. The van der Waals surface area contributed by atoms with Crippen LogP contribution in [0.25, 0.3) is 0 Å². The molecular formula is C20H15F2N3O2S. The average Bonchev–Trinajstić information content (AvgIpc) is 3.25. The molecule has 1 atom stereocenters. The molecular weight excluding hydrogens is 384 g/mol. The maximum absolute atomic E-state index is 13.3. The minimum Gasteiger partial charge on any atom is -0.325 e. The summed E-state index contributed by atoms with van der Waals surface area (Å²) >= 11 is 1.34. The third kappa shape index (κ3) is 3.63. The highest BCUT2D eigenvalue weighted by Crippen LogP contribution is 2.39. The fraction of sp³-hybridized carbons (Fsp3) is 0.150. The van der Waals surface area contributed by atoms with Crippen LogP contribution in [-0.4, -0.2) is 16.8 Å². The molecule has 3 aromatic rings. The van der Waals surface area contributed by atoms with Crippen LogP contribution in [0, 0.1) is 11.6 Å². The zero-order valence-electron chi connectivity index (χ0n) is 14.5. The standard InChI is InChI=1S/C20H15F2N3O2S/c21-14-8-6-12(10-15(14)22)23-19(27)13-7-9-16-17(13)24-20(28-16)25-18(26)11-4-2-1-3-5-11/h1-6,8,10,13H,7,9H2,(H,23,27)(H,24,25,26)/t13-/m1/s1. The second kappa shape index (κ2) is 7.47. The molecule has 1 aliphatic rings. The Morgan fingerprint density at radius 2 is 1.82 bits per heavy atom. The van der Waals surface area contributed by atoms with Crippen molar-refractivity contribution < 1.29 is 18.4 Å². The molecule has 0 aliphatic heterocycles. The zero-order chi connectivity index (χ0) is 19.7. The van der Waals surface area contributed by atoms with Gasteiger partial charge in [0.2, 0.25) is 5.91 Å². The number of nitrogens with zero attached hydrogens (tertiary/aromatic N) is 1. The normalized spacial score (nSPS) is 15.1. The van der Waals surface area contributed by atoms with Crippen molar-refractivity contribution in [3.05, 3.63) is 76.3 Å². The van der Waals surface area contributed by atoms with Gasteiger partial charge in [-0.3, -0.25) is 14.9 Å². The summed E-state index contributed by atoms with van der Waals surface area (Å²) in [4.78, 5) is 30.2. The Bertz CT molecular complexity index is 1050. The number of rotatable bonds is 4. The third-order valence-electron chi connectivity index (χ3n) is 4.48. The molecule has 4 rings (SSSR count). The van der Waals surface area contributed by atoms with Crippen LogP contribution in [0.15, 0.2) is 48.5 Å². The molecule has 8 heteroatoms. The lowest BCUT2D eigenvalue weighted by molar-refractivity contribution is -0.117. The van der Waals surface area contributed by atoms with Gasteiger partial charge in [0.05, 0.1) is 11.6 Å². The van der Waals surface area contributed by atoms with Gasteiger partial charge < -0.3 is 5.32 Å². The first-order valence-corrected chi connectivity index (χ1v) is 9.45. The van der Waals surface area contributed by atoms with E-state index in [1.807, 2.05) is 6.07 Å². The quantitative estimate of drug-likeness (QED) is 0.686. The van der Waals surface area contributed by atoms with Crippen molar-refractivity contribution in [2.24, 2.45) is 0 Å². The van der Waals surface area contributed by atoms with Crippen LogP contribution in [0.4, 0.5) is 19.6 Å². The molecule has 5 nitrogen and oxygen atoms in total. The lowest BCUT2D eigenvalue weighted by atomic mass is 10.1. The average molecular weight is 399 g/mol. The molecule has 0 saturated heterocycles. The SMILES string of the molecule is O=C(Nc1nc2c(s1)CC[C@H]2C(=O)Nc1ccc(F)c(F)c1)c1ccccc1. The van der Waals surface area contributed by atoms with E-state index in [2.05, 4.69) is 15.6 Å². The zero-order valence-corrected chi connectivity index (χ0v) is 15.4. The maximum Gasteiger partial charge on any atom is 0.257 e. The molecule has 0 radical (unpaired) electrons. The van der Waals surface area contributed by atoms with Crippen molar-refractivity contribution in [2.75, 3.05) is 10.6 Å². The van der Waals surface area contributed by atoms with E-state index >= 15 is 0 Å². The van der Waals surface area contributed by atoms with Crippen molar-refractivity contribution in [3.63, 3.8) is 0 Å². The number of carbonyl (C=O) groups excluding carboxylic acids is 2. The maximum atomic E-state index is 13.3. The van der Waals surface area contributed by atoms with Crippen LogP contribution in [-0.2, 0) is 11.2 Å². The van der Waals surface area contributed by atoms with E-state index in [0.717, 1.165) is 17.0 Å². The third-order valence-corrected chi connectivity index (χ3v) is 5.52. The van der Waals surface area contributed by atoms with E-state index in [4.69, 9.17) is 0 Å². The monoisotopic (exact) mass is 399 g/mol. The minimum absolute atomic E-state index is 0.185. The fourth-order valence-electron chi connectivity index (χ4n) is 3.10. The summed E-state index contributed by atoms with van der Waals surface area (Å²) in [6, 6.07) is 12.0. The summed E-state index contributed by atoms with van der Waals surface area (Å²) in [6.45, 7) is 0. The number of carbonyl (C=O) groups is 2. The molecule has 1 aromatic heterocycles. The van der Waals surface area contributed by atoms with Crippen LogP contribution in [0.5, 0.6) is 0 Å². The Morgan fingerprint density at radius 1 is 1.04 bits per heavy atom. The molecule has 0 bridgehead atoms. The van der Waals surface area contributed by atoms with Gasteiger partial charge in [-0.25, -0.2) is 13.8 Å². The number of benzene rings is 2. The van der Waals surface area contributed by atoms with Gasteiger partial charge in [-0.15, -0.1) is 11.3 Å². The molecule has 0 fully saturated rings. The second-order valence-electron chi connectivity index (χ2n) is 6.36. The van der Waals surface area contributed by atoms with Gasteiger partial charge in [0.15, 0.2) is 16.8 Å². The summed E-state index contributed by atoms with van der Waals surface area (Å²) < 4.78 is 26.4. The highest BCUT2D eigenvalue weighted by Gasteiger charge is 2.33. The van der Waals surface area contributed by atoms with E-state index < -0.39 is 17.6 Å². The van der Waals surface area contributed by atoms with Crippen molar-refractivity contribution in [1.29, 1.82) is 0 Å². The Morgan fingerprint density at radius 3 is 2.57 bits per heavy atom. The number of nitrogens with one attached hydrogen (secondary N) is 2. The van der Waals surface area contributed by atoms with Crippen molar-refractivity contribution in [3.8, 4) is 0 Å². The number of thiazole rings is 1. The van der Waals surface area contributed by atoms with E-state index in [9.17, 15) is 18.4 Å². The Hall–Kier alpha value is -3.13. The fourth-order valence-corrected chi connectivity index (χ4v) is 4.13. The van der Waals surface area contributed by atoms with Crippen molar-refractivity contribution in [1.82, 2.24) is 4.98 Å². The van der Waals surface area contributed by atoms with Gasteiger partial charge >= 0.3 is 0 Å². The lowest BCUT2D eigenvalue weighted by Crippen LogP contribution is -2.20. The highest BCUT2D eigenvalue weighted by molar-refractivity contribution is 7.16. The predicted octanol–water partition coefficient (Wildman–Crippen LogP) is 4.34. The second-order valence-corrected chi connectivity index (χ2v) is 7.44. The Kier molecular flexibility index (Phi) is 4.87. The number of anilines is 2. The van der Waals surface area contributed by atoms with E-state index in [1.54, 1.807) is 24.3 Å². The largest absolute Gasteiger partial charge is 0.325 e. The first-order valence-electron chi connectivity index (χ1n) is 8.63. The van der Waals surface area contributed by atoms with Gasteiger partial charge in [0.1, 0.15) is 0 Å². The van der Waals surface area contributed by atoms with Crippen LogP contribution in [0.1, 0.15) is 33.3 Å². The number of hydrogen-bond donors (Lipinski definition) is 2. The lowest BCUT2D eigenvalue weighted by Gasteiger charge is -2.11. The molecule has 1 aliphatic carbocycles. The van der Waals surface area contributed by atoms with Crippen LogP contribution < -0.4 is 10.6 Å². The van der Waals surface area contributed by atoms with Gasteiger partial charge in [0, 0.05) is 22.2 Å². The number of aryl methyl sites for hydroxylation is 1. The van der Waals surface area contributed by atoms with E-state index in [1.165, 1.54) is 17.4 Å². The molecule has 28 heavy (non-hydrogen) atoms. The molecule has 142 valence electrons. The summed E-state index contributed by atoms with van der Waals surface area (Å²) in [7, 11) is 0. The number of amides is 2. The van der Waals surface area contributed by atoms with Gasteiger partial charge in [-0.2, -0.15) is 0 Å². The summed E-state index contributed by atoms with van der Waals surface area (Å²) in [5, 5.41) is 5.79. The van der Waals surface area contributed by atoms with Crippen LogP contribution >= 0.6 is 11.3 Å². The molecule has 2 amide bonds. The molecule has 1 heterocycles. The molecule has 0 unspecified atom stereocenters. The van der Waals surface area contributed by atoms with Gasteiger partial charge in [-0.05, 0) is 37.1 Å². The molecule has 2 aromatic carbocycles. The van der Waals surface area contributed by atoms with Crippen LogP contribution in [0.2, 0.25) is 0 Å². The molecule has 0 saturated carbocycles. The number of fused-ring (bicyclic) bond motifs is 1. The first kappa shape index (κ1) is 18.2. The summed E-state index contributed by atoms with van der Waals surface area (Å²) in [6.07, 6.45) is 1.25. The van der Waals surface area contributed by atoms with Crippen molar-refractivity contribution in [2.45, 2.75) is 18.8 Å². The number of aromatic nitrogens is 1. The molecule has 0 spiro atoms. The molecule has 2 N–H and O–H groups in total. The van der Waals surface area contributed by atoms with Gasteiger partial charge in [-0.1, -0.05) is 18.2 Å². The van der Waals surface area contributed by atoms with E-state index in [0.29, 0.717) is 29.2 Å². The summed E-state index contributed by atoms with van der Waals surface area (Å²) in [5.41, 5.74) is 1.32. The smallest absolute Gasteiger partial charge is 0.257 e. The van der Waals surface area contributed by atoms with Crippen LogP contribution in [0.3, 0.4) is 0 Å². The minimum atomic E-state index is -1.02. The topological polar surface area (TPSA) is 71.1 Å². The highest BCUT2D eigenvalue weighted by atomic mass is 32.1. The van der Waals surface area contributed by atoms with Gasteiger partial charge in [0.25, 0.3) is 5.91 Å². The Labute approximate surface area is 163 Å². The Balaban J connectivity index is 1.47. The van der Waals surface area contributed by atoms with Crippen molar-refractivity contribution >= 4 is 34.0 Å². The number of hydrogen-bond acceptors (Lipinski definition) is 4.